The third-order valence-corrected chi connectivity index (χ3v) is 3.97. The molecule has 140 valence electrons. The largest absolute Gasteiger partial charge is 0.495 e. The number of hydrogen-bond donors (Lipinski definition) is 2. The second-order valence-corrected chi connectivity index (χ2v) is 6.33. The molecule has 0 aliphatic rings. The van der Waals surface area contributed by atoms with Gasteiger partial charge in [0.15, 0.2) is 0 Å². The Bertz CT molecular complexity index is 722. The van der Waals surface area contributed by atoms with Crippen LogP contribution in [0.1, 0.15) is 18.4 Å². The van der Waals surface area contributed by atoms with Crippen molar-refractivity contribution in [2.45, 2.75) is 19.8 Å². The van der Waals surface area contributed by atoms with E-state index in [9.17, 15) is 4.79 Å². The number of nitrogens with one attached hydrogen (secondary N) is 2. The van der Waals surface area contributed by atoms with Crippen LogP contribution >= 0.6 is 11.6 Å². The summed E-state index contributed by atoms with van der Waals surface area (Å²) >= 11 is 5.98. The molecule has 2 rings (SSSR count). The van der Waals surface area contributed by atoms with Crippen molar-refractivity contribution in [2.75, 3.05) is 32.1 Å². The lowest BCUT2D eigenvalue weighted by molar-refractivity contribution is -0.120. The number of aryl methyl sites for hydroxylation is 1. The van der Waals surface area contributed by atoms with Crippen LogP contribution in [-0.2, 0) is 4.79 Å². The molecule has 0 saturated heterocycles. The number of rotatable bonds is 10. The van der Waals surface area contributed by atoms with E-state index >= 15 is 0 Å². The Labute approximate surface area is 159 Å². The first-order chi connectivity index (χ1) is 12.6. The zero-order valence-corrected chi connectivity index (χ0v) is 15.9. The number of carbonyl (C=O) groups excluding carboxylic acids is 1. The molecule has 2 aromatic rings. The van der Waals surface area contributed by atoms with Gasteiger partial charge in [-0.3, -0.25) is 4.79 Å². The molecule has 26 heavy (non-hydrogen) atoms. The number of hydrogen-bond acceptors (Lipinski definition) is 4. The van der Waals surface area contributed by atoms with Crippen LogP contribution in [0, 0.1) is 6.92 Å². The molecular weight excluding hydrogens is 352 g/mol. The number of ether oxygens (including phenoxy) is 2. The van der Waals surface area contributed by atoms with E-state index in [-0.39, 0.29) is 5.91 Å². The van der Waals surface area contributed by atoms with Gasteiger partial charge in [0.2, 0.25) is 5.91 Å². The summed E-state index contributed by atoms with van der Waals surface area (Å²) in [7, 11) is 1.60. The Balaban J connectivity index is 1.60. The molecule has 0 aromatic heterocycles. The van der Waals surface area contributed by atoms with Gasteiger partial charge in [-0.1, -0.05) is 23.7 Å². The van der Waals surface area contributed by atoms with Gasteiger partial charge in [0.1, 0.15) is 11.5 Å². The van der Waals surface area contributed by atoms with Gasteiger partial charge in [-0.2, -0.15) is 0 Å². The van der Waals surface area contributed by atoms with Crippen LogP contribution in [0.4, 0.5) is 5.69 Å². The van der Waals surface area contributed by atoms with Crippen molar-refractivity contribution in [1.82, 2.24) is 5.32 Å². The van der Waals surface area contributed by atoms with E-state index in [2.05, 4.69) is 10.6 Å². The molecule has 2 aromatic carbocycles. The Kier molecular flexibility index (Phi) is 8.09. The molecule has 0 aliphatic carbocycles. The van der Waals surface area contributed by atoms with Crippen molar-refractivity contribution in [1.29, 1.82) is 0 Å². The van der Waals surface area contributed by atoms with Crippen LogP contribution in [0.2, 0.25) is 5.02 Å². The van der Waals surface area contributed by atoms with Crippen molar-refractivity contribution in [3.63, 3.8) is 0 Å². The number of anilines is 1. The van der Waals surface area contributed by atoms with Crippen molar-refractivity contribution in [2.24, 2.45) is 0 Å². The summed E-state index contributed by atoms with van der Waals surface area (Å²) in [5.41, 5.74) is 1.94. The second-order valence-electron chi connectivity index (χ2n) is 5.89. The molecule has 5 nitrogen and oxygen atoms in total. The predicted octanol–water partition coefficient (Wildman–Crippen LogP) is 4.04. The van der Waals surface area contributed by atoms with Gasteiger partial charge < -0.3 is 20.1 Å². The molecule has 0 spiro atoms. The molecule has 0 heterocycles. The highest BCUT2D eigenvalue weighted by molar-refractivity contribution is 6.30. The molecular formula is C20H25ClN2O3. The van der Waals surface area contributed by atoms with E-state index in [4.69, 9.17) is 21.1 Å². The van der Waals surface area contributed by atoms with E-state index in [0.717, 1.165) is 17.9 Å². The summed E-state index contributed by atoms with van der Waals surface area (Å²) in [5, 5.41) is 6.68. The Morgan fingerprint density at radius 2 is 2.00 bits per heavy atom. The highest BCUT2D eigenvalue weighted by Gasteiger charge is 2.05. The lowest BCUT2D eigenvalue weighted by Gasteiger charge is -2.11. The SMILES string of the molecule is COc1ccc(Cl)cc1NCCC(=O)NCCCOc1cccc(C)c1. The number of amides is 1. The molecule has 0 unspecified atom stereocenters. The van der Waals surface area contributed by atoms with Gasteiger partial charge in [-0.05, 0) is 49.2 Å². The lowest BCUT2D eigenvalue weighted by atomic mass is 10.2. The fourth-order valence-corrected chi connectivity index (χ4v) is 2.58. The normalized spacial score (nSPS) is 10.3. The Hall–Kier alpha value is -2.40. The van der Waals surface area contributed by atoms with E-state index < -0.39 is 0 Å². The summed E-state index contributed by atoms with van der Waals surface area (Å²) < 4.78 is 10.9. The lowest BCUT2D eigenvalue weighted by Crippen LogP contribution is -2.27. The monoisotopic (exact) mass is 376 g/mol. The van der Waals surface area contributed by atoms with Crippen molar-refractivity contribution in [3.05, 3.63) is 53.1 Å². The van der Waals surface area contributed by atoms with Crippen LogP contribution < -0.4 is 20.1 Å². The molecule has 6 heteroatoms. The fourth-order valence-electron chi connectivity index (χ4n) is 2.41. The van der Waals surface area contributed by atoms with E-state index in [1.54, 1.807) is 25.3 Å². The number of methoxy groups -OCH3 is 1. The molecule has 0 radical (unpaired) electrons. The maximum atomic E-state index is 11.9. The van der Waals surface area contributed by atoms with Gasteiger partial charge in [0, 0.05) is 24.5 Å². The fraction of sp³-hybridized carbons (Fsp3) is 0.350. The number of halogens is 1. The standard InChI is InChI=1S/C20H25ClN2O3/c1-15-5-3-6-17(13-15)26-12-4-10-23-20(24)9-11-22-18-14-16(21)7-8-19(18)25-2/h3,5-8,13-14,22H,4,9-12H2,1-2H3,(H,23,24). The van der Waals surface area contributed by atoms with Gasteiger partial charge in [0.25, 0.3) is 0 Å². The highest BCUT2D eigenvalue weighted by atomic mass is 35.5. The third-order valence-electron chi connectivity index (χ3n) is 3.73. The first-order valence-electron chi connectivity index (χ1n) is 8.62. The van der Waals surface area contributed by atoms with Crippen LogP contribution in [0.25, 0.3) is 0 Å². The van der Waals surface area contributed by atoms with E-state index in [1.165, 1.54) is 5.56 Å². The average Bonchev–Trinajstić information content (AvgIpc) is 2.62. The van der Waals surface area contributed by atoms with Gasteiger partial charge in [-0.25, -0.2) is 0 Å². The second kappa shape index (κ2) is 10.6. The number of benzene rings is 2. The third kappa shape index (κ3) is 6.84. The van der Waals surface area contributed by atoms with E-state index in [1.807, 2.05) is 31.2 Å². The first kappa shape index (κ1) is 19.9. The van der Waals surface area contributed by atoms with Crippen LogP contribution in [-0.4, -0.2) is 32.7 Å². The molecule has 0 aliphatic heterocycles. The molecule has 1 amide bonds. The summed E-state index contributed by atoms with van der Waals surface area (Å²) in [6, 6.07) is 13.3. The van der Waals surface area contributed by atoms with Gasteiger partial charge >= 0.3 is 0 Å². The smallest absolute Gasteiger partial charge is 0.221 e. The Morgan fingerprint density at radius 1 is 1.15 bits per heavy atom. The van der Waals surface area contributed by atoms with E-state index in [0.29, 0.717) is 36.9 Å². The van der Waals surface area contributed by atoms with Gasteiger partial charge in [0.05, 0.1) is 19.4 Å². The maximum absolute atomic E-state index is 11.9. The maximum Gasteiger partial charge on any atom is 0.221 e. The summed E-state index contributed by atoms with van der Waals surface area (Å²) in [4.78, 5) is 11.9. The quantitative estimate of drug-likeness (QED) is 0.614. The summed E-state index contributed by atoms with van der Waals surface area (Å²) in [6.45, 7) is 3.69. The molecule has 0 atom stereocenters. The van der Waals surface area contributed by atoms with Crippen molar-refractivity contribution < 1.29 is 14.3 Å². The highest BCUT2D eigenvalue weighted by Crippen LogP contribution is 2.27. The van der Waals surface area contributed by atoms with Crippen LogP contribution in [0.3, 0.4) is 0 Å². The molecule has 0 fully saturated rings. The minimum atomic E-state index is -0.00551. The predicted molar refractivity (Wildman–Crippen MR) is 105 cm³/mol. The summed E-state index contributed by atoms with van der Waals surface area (Å²) in [6.07, 6.45) is 1.13. The van der Waals surface area contributed by atoms with Crippen LogP contribution in [0.15, 0.2) is 42.5 Å². The zero-order valence-electron chi connectivity index (χ0n) is 15.2. The van der Waals surface area contributed by atoms with Gasteiger partial charge in [-0.15, -0.1) is 0 Å². The minimum absolute atomic E-state index is 0.00551. The molecule has 0 saturated carbocycles. The summed E-state index contributed by atoms with van der Waals surface area (Å²) in [5.74, 6) is 1.55. The molecule has 0 bridgehead atoms. The van der Waals surface area contributed by atoms with Crippen molar-refractivity contribution >= 4 is 23.2 Å². The first-order valence-corrected chi connectivity index (χ1v) is 9.00. The molecule has 2 N–H and O–H groups in total. The Morgan fingerprint density at radius 3 is 2.77 bits per heavy atom. The zero-order chi connectivity index (χ0) is 18.8. The number of carbonyl (C=O) groups is 1. The van der Waals surface area contributed by atoms with Crippen LogP contribution in [0.5, 0.6) is 11.5 Å². The average molecular weight is 377 g/mol. The topological polar surface area (TPSA) is 59.6 Å². The minimum Gasteiger partial charge on any atom is -0.495 e. The van der Waals surface area contributed by atoms with Crippen molar-refractivity contribution in [3.8, 4) is 11.5 Å².